The Morgan fingerprint density at radius 2 is 1.79 bits per heavy atom. The molecule has 3 aromatic heterocycles. The number of aryl methyl sites for hydroxylation is 1. The van der Waals surface area contributed by atoms with E-state index in [9.17, 15) is 0 Å². The molecular weight excluding hydrogens is 386 g/mol. The SMILES string of the molecule is COc1cccc(-n2c(C)c(C)c3c2ncn2nc(-c4ccc(Cl)cc4)nc32)c1. The maximum absolute atomic E-state index is 6.01. The first-order valence-corrected chi connectivity index (χ1v) is 9.58. The van der Waals surface area contributed by atoms with E-state index in [1.807, 2.05) is 48.5 Å². The van der Waals surface area contributed by atoms with Crippen LogP contribution >= 0.6 is 11.6 Å². The number of halogens is 1. The van der Waals surface area contributed by atoms with Crippen LogP contribution in [-0.2, 0) is 0 Å². The summed E-state index contributed by atoms with van der Waals surface area (Å²) in [6.07, 6.45) is 1.71. The van der Waals surface area contributed by atoms with Crippen LogP contribution < -0.4 is 4.74 Å². The average Bonchev–Trinajstić information content (AvgIpc) is 3.28. The summed E-state index contributed by atoms with van der Waals surface area (Å²) in [7, 11) is 1.67. The van der Waals surface area contributed by atoms with Gasteiger partial charge in [-0.3, -0.25) is 4.57 Å². The summed E-state index contributed by atoms with van der Waals surface area (Å²) < 4.78 is 9.26. The number of nitrogens with zero attached hydrogens (tertiary/aromatic N) is 5. The fourth-order valence-corrected chi connectivity index (χ4v) is 3.77. The van der Waals surface area contributed by atoms with Gasteiger partial charge in [-0.1, -0.05) is 17.7 Å². The molecule has 144 valence electrons. The van der Waals surface area contributed by atoms with Crippen LogP contribution in [0, 0.1) is 13.8 Å². The molecule has 7 heteroatoms. The van der Waals surface area contributed by atoms with Crippen LogP contribution in [0.4, 0.5) is 0 Å². The van der Waals surface area contributed by atoms with Gasteiger partial charge >= 0.3 is 0 Å². The van der Waals surface area contributed by atoms with E-state index in [1.165, 1.54) is 0 Å². The van der Waals surface area contributed by atoms with Crippen LogP contribution in [-0.4, -0.2) is 31.3 Å². The minimum atomic E-state index is 0.641. The largest absolute Gasteiger partial charge is 0.497 e. The Kier molecular flexibility index (Phi) is 4.03. The van der Waals surface area contributed by atoms with Crippen molar-refractivity contribution >= 4 is 28.3 Å². The van der Waals surface area contributed by atoms with Gasteiger partial charge in [-0.25, -0.2) is 14.5 Å². The normalized spacial score (nSPS) is 11.4. The Morgan fingerprint density at radius 1 is 1.00 bits per heavy atom. The second-order valence-corrected chi connectivity index (χ2v) is 7.34. The van der Waals surface area contributed by atoms with Crippen molar-refractivity contribution in [2.45, 2.75) is 13.8 Å². The van der Waals surface area contributed by atoms with Crippen molar-refractivity contribution in [1.29, 1.82) is 0 Å². The fourth-order valence-electron chi connectivity index (χ4n) is 3.65. The molecule has 0 unspecified atom stereocenters. The van der Waals surface area contributed by atoms with Crippen LogP contribution in [0.25, 0.3) is 33.8 Å². The van der Waals surface area contributed by atoms with Crippen molar-refractivity contribution in [3.05, 3.63) is 71.1 Å². The summed E-state index contributed by atoms with van der Waals surface area (Å²) in [5.41, 5.74) is 5.75. The van der Waals surface area contributed by atoms with Crippen LogP contribution in [0.1, 0.15) is 11.3 Å². The Hall–Kier alpha value is -3.38. The first-order valence-electron chi connectivity index (χ1n) is 9.20. The molecule has 0 saturated carbocycles. The van der Waals surface area contributed by atoms with Gasteiger partial charge in [0, 0.05) is 22.3 Å². The van der Waals surface area contributed by atoms with Crippen LogP contribution in [0.15, 0.2) is 54.9 Å². The third-order valence-corrected chi connectivity index (χ3v) is 5.50. The van der Waals surface area contributed by atoms with E-state index in [0.29, 0.717) is 10.8 Å². The highest BCUT2D eigenvalue weighted by atomic mass is 35.5. The number of aromatic nitrogens is 5. The third kappa shape index (κ3) is 2.76. The average molecular weight is 404 g/mol. The lowest BCUT2D eigenvalue weighted by Gasteiger charge is -2.09. The van der Waals surface area contributed by atoms with Gasteiger partial charge in [0.25, 0.3) is 0 Å². The molecule has 0 saturated heterocycles. The molecule has 0 amide bonds. The van der Waals surface area contributed by atoms with Gasteiger partial charge in [-0.05, 0) is 55.8 Å². The van der Waals surface area contributed by atoms with E-state index < -0.39 is 0 Å². The van der Waals surface area contributed by atoms with E-state index in [2.05, 4.69) is 23.5 Å². The van der Waals surface area contributed by atoms with Gasteiger partial charge in [0.05, 0.1) is 18.2 Å². The molecule has 0 bridgehead atoms. The lowest BCUT2D eigenvalue weighted by molar-refractivity contribution is 0.414. The van der Waals surface area contributed by atoms with Crippen LogP contribution in [0.3, 0.4) is 0 Å². The fraction of sp³-hybridized carbons (Fsp3) is 0.136. The molecule has 0 N–H and O–H groups in total. The number of hydrogen-bond donors (Lipinski definition) is 0. The number of hydrogen-bond acceptors (Lipinski definition) is 4. The van der Waals surface area contributed by atoms with E-state index in [1.54, 1.807) is 18.0 Å². The third-order valence-electron chi connectivity index (χ3n) is 5.25. The molecule has 3 heterocycles. The quantitative estimate of drug-likeness (QED) is 0.424. The molecular formula is C22H18ClN5O. The predicted octanol–water partition coefficient (Wildman–Crippen LogP) is 5.01. The van der Waals surface area contributed by atoms with Gasteiger partial charge in [0.1, 0.15) is 12.1 Å². The zero-order valence-electron chi connectivity index (χ0n) is 16.2. The topological polar surface area (TPSA) is 57.2 Å². The molecule has 5 aromatic rings. The smallest absolute Gasteiger partial charge is 0.182 e. The number of benzene rings is 2. The van der Waals surface area contributed by atoms with Crippen molar-refractivity contribution in [1.82, 2.24) is 24.1 Å². The van der Waals surface area contributed by atoms with E-state index in [4.69, 9.17) is 26.3 Å². The highest BCUT2D eigenvalue weighted by Crippen LogP contribution is 2.31. The van der Waals surface area contributed by atoms with Gasteiger partial charge < -0.3 is 4.74 Å². The van der Waals surface area contributed by atoms with E-state index >= 15 is 0 Å². The van der Waals surface area contributed by atoms with Crippen molar-refractivity contribution < 1.29 is 4.74 Å². The summed E-state index contributed by atoms with van der Waals surface area (Å²) in [5.74, 6) is 1.44. The molecule has 0 radical (unpaired) electrons. The van der Waals surface area contributed by atoms with Crippen LogP contribution in [0.5, 0.6) is 5.75 Å². The molecule has 0 aliphatic carbocycles. The summed E-state index contributed by atoms with van der Waals surface area (Å²) in [4.78, 5) is 9.52. The molecule has 0 aliphatic heterocycles. The molecule has 6 nitrogen and oxygen atoms in total. The Balaban J connectivity index is 1.76. The molecule has 5 rings (SSSR count). The molecule has 2 aromatic carbocycles. The van der Waals surface area contributed by atoms with Crippen molar-refractivity contribution in [3.63, 3.8) is 0 Å². The summed E-state index contributed by atoms with van der Waals surface area (Å²) in [6, 6.07) is 15.5. The Labute approximate surface area is 172 Å². The van der Waals surface area contributed by atoms with Crippen molar-refractivity contribution in [2.24, 2.45) is 0 Å². The number of ether oxygens (including phenoxy) is 1. The molecule has 29 heavy (non-hydrogen) atoms. The number of rotatable bonds is 3. The zero-order valence-corrected chi connectivity index (χ0v) is 17.0. The van der Waals surface area contributed by atoms with E-state index in [-0.39, 0.29) is 0 Å². The van der Waals surface area contributed by atoms with Gasteiger partial charge in [0.2, 0.25) is 0 Å². The lowest BCUT2D eigenvalue weighted by atomic mass is 10.2. The standard InChI is InChI=1S/C22H18ClN5O/c1-13-14(2)28(17-5-4-6-18(11-17)29-3)21-19(13)22-25-20(26-27(22)12-24-21)15-7-9-16(23)10-8-15/h4-12H,1-3H3. The monoisotopic (exact) mass is 403 g/mol. The zero-order chi connectivity index (χ0) is 20.1. The highest BCUT2D eigenvalue weighted by Gasteiger charge is 2.19. The molecule has 0 atom stereocenters. The first kappa shape index (κ1) is 17.7. The minimum absolute atomic E-state index is 0.641. The molecule has 0 aliphatic rings. The first-order chi connectivity index (χ1) is 14.1. The Morgan fingerprint density at radius 3 is 2.55 bits per heavy atom. The second kappa shape index (κ2) is 6.60. The Bertz CT molecular complexity index is 1370. The second-order valence-electron chi connectivity index (χ2n) is 6.90. The summed E-state index contributed by atoms with van der Waals surface area (Å²) >= 11 is 6.01. The maximum atomic E-state index is 6.01. The summed E-state index contributed by atoms with van der Waals surface area (Å²) in [6.45, 7) is 4.18. The van der Waals surface area contributed by atoms with Gasteiger partial charge in [-0.15, -0.1) is 5.10 Å². The van der Waals surface area contributed by atoms with E-state index in [0.717, 1.165) is 44.9 Å². The lowest BCUT2D eigenvalue weighted by Crippen LogP contribution is -1.99. The highest BCUT2D eigenvalue weighted by molar-refractivity contribution is 6.30. The predicted molar refractivity (Wildman–Crippen MR) is 114 cm³/mol. The van der Waals surface area contributed by atoms with Crippen molar-refractivity contribution in [3.8, 4) is 22.8 Å². The maximum Gasteiger partial charge on any atom is 0.182 e. The van der Waals surface area contributed by atoms with Gasteiger partial charge in [0.15, 0.2) is 17.1 Å². The number of methoxy groups -OCH3 is 1. The van der Waals surface area contributed by atoms with Gasteiger partial charge in [-0.2, -0.15) is 0 Å². The van der Waals surface area contributed by atoms with Crippen LogP contribution in [0.2, 0.25) is 5.02 Å². The number of fused-ring (bicyclic) bond motifs is 3. The molecule has 0 spiro atoms. The van der Waals surface area contributed by atoms with Crippen molar-refractivity contribution in [2.75, 3.05) is 7.11 Å². The minimum Gasteiger partial charge on any atom is -0.497 e. The summed E-state index contributed by atoms with van der Waals surface area (Å²) in [5, 5.41) is 6.28. The molecule has 0 fully saturated rings.